The molecule has 124 valence electrons. The predicted octanol–water partition coefficient (Wildman–Crippen LogP) is 6.21. The number of unbranched alkanes of at least 4 members (excludes halogenated alkanes) is 5. The fraction of sp³-hybridized carbons (Fsp3) is 0.364. The predicted molar refractivity (Wildman–Crippen MR) is 102 cm³/mol. The number of nitrogens with zero attached hydrogens (tertiary/aromatic N) is 2. The highest BCUT2D eigenvalue weighted by Gasteiger charge is 1.96. The molecule has 0 aromatic heterocycles. The van der Waals surface area contributed by atoms with Gasteiger partial charge < -0.3 is 0 Å². The molecule has 0 aliphatic rings. The van der Waals surface area contributed by atoms with Gasteiger partial charge in [0.25, 0.3) is 0 Å². The Morgan fingerprint density at radius 3 is 2.21 bits per heavy atom. The largest absolute Gasteiger partial charge is 0.256 e. The zero-order chi connectivity index (χ0) is 17.0. The lowest BCUT2D eigenvalue weighted by Gasteiger charge is -2.02. The Morgan fingerprint density at radius 2 is 1.54 bits per heavy atom. The molecule has 0 amide bonds. The normalized spacial score (nSPS) is 10.8. The van der Waals surface area contributed by atoms with E-state index < -0.39 is 0 Å². The topological polar surface area (TPSA) is 36.1 Å². The van der Waals surface area contributed by atoms with Gasteiger partial charge in [-0.25, -0.2) is 0 Å². The van der Waals surface area contributed by atoms with Gasteiger partial charge in [-0.1, -0.05) is 63.3 Å². The van der Waals surface area contributed by atoms with E-state index in [1.165, 1.54) is 50.5 Å². The third-order valence-electron chi connectivity index (χ3n) is 4.16. The molecule has 0 saturated heterocycles. The molecule has 0 spiro atoms. The maximum Gasteiger partial charge on any atom is 0.0991 e. The molecule has 2 heteroatoms. The Labute approximate surface area is 145 Å². The van der Waals surface area contributed by atoms with Gasteiger partial charge in [0.2, 0.25) is 0 Å². The van der Waals surface area contributed by atoms with Crippen LogP contribution in [-0.4, -0.2) is 6.21 Å². The summed E-state index contributed by atoms with van der Waals surface area (Å²) in [5, 5.41) is 8.79. The zero-order valence-corrected chi connectivity index (χ0v) is 14.5. The number of hydrogen-bond acceptors (Lipinski definition) is 2. The summed E-state index contributed by atoms with van der Waals surface area (Å²) < 4.78 is 0. The molecule has 2 rings (SSSR count). The van der Waals surface area contributed by atoms with Crippen molar-refractivity contribution in [3.8, 4) is 6.07 Å². The van der Waals surface area contributed by atoms with Crippen molar-refractivity contribution in [1.82, 2.24) is 0 Å². The van der Waals surface area contributed by atoms with Gasteiger partial charge in [-0.2, -0.15) is 5.26 Å². The fourth-order valence-electron chi connectivity index (χ4n) is 2.65. The molecule has 0 saturated carbocycles. The zero-order valence-electron chi connectivity index (χ0n) is 14.5. The molecular weight excluding hydrogens is 292 g/mol. The Balaban J connectivity index is 1.78. The second kappa shape index (κ2) is 10.4. The third kappa shape index (κ3) is 6.38. The molecule has 0 heterocycles. The molecule has 2 nitrogen and oxygen atoms in total. The first-order valence-electron chi connectivity index (χ1n) is 8.95. The van der Waals surface area contributed by atoms with E-state index in [0.29, 0.717) is 5.56 Å². The number of rotatable bonds is 9. The summed E-state index contributed by atoms with van der Waals surface area (Å²) >= 11 is 0. The lowest BCUT2D eigenvalue weighted by atomic mass is 10.0. The first-order chi connectivity index (χ1) is 11.8. The summed E-state index contributed by atoms with van der Waals surface area (Å²) in [7, 11) is 0. The lowest BCUT2D eigenvalue weighted by molar-refractivity contribution is 0.607. The minimum absolute atomic E-state index is 0.660. The molecule has 0 unspecified atom stereocenters. The maximum atomic E-state index is 8.79. The molecule has 0 radical (unpaired) electrons. The molecule has 24 heavy (non-hydrogen) atoms. The quantitative estimate of drug-likeness (QED) is 0.400. The van der Waals surface area contributed by atoms with Gasteiger partial charge in [0, 0.05) is 6.21 Å². The average molecular weight is 318 g/mol. The van der Waals surface area contributed by atoms with Crippen LogP contribution in [0.25, 0.3) is 0 Å². The van der Waals surface area contributed by atoms with Crippen LogP contribution in [0.2, 0.25) is 0 Å². The maximum absolute atomic E-state index is 8.79. The Morgan fingerprint density at radius 1 is 0.875 bits per heavy atom. The Hall–Kier alpha value is -2.40. The van der Waals surface area contributed by atoms with Crippen LogP contribution in [0.1, 0.15) is 62.1 Å². The van der Waals surface area contributed by atoms with Crippen LogP contribution in [0.3, 0.4) is 0 Å². The van der Waals surface area contributed by atoms with E-state index in [1.54, 1.807) is 12.1 Å². The SMILES string of the molecule is CCCCCCCCc1ccc(/C=N/c2ccc(C#N)cc2)cc1. The smallest absolute Gasteiger partial charge is 0.0991 e. The summed E-state index contributed by atoms with van der Waals surface area (Å²) in [6.07, 6.45) is 11.1. The van der Waals surface area contributed by atoms with Crippen molar-refractivity contribution in [1.29, 1.82) is 5.26 Å². The number of nitriles is 1. The third-order valence-corrected chi connectivity index (χ3v) is 4.16. The van der Waals surface area contributed by atoms with E-state index >= 15 is 0 Å². The monoisotopic (exact) mass is 318 g/mol. The Kier molecular flexibility index (Phi) is 7.77. The first kappa shape index (κ1) is 17.9. The van der Waals surface area contributed by atoms with Crippen molar-refractivity contribution in [2.24, 2.45) is 4.99 Å². The highest BCUT2D eigenvalue weighted by atomic mass is 14.7. The van der Waals surface area contributed by atoms with Crippen LogP contribution in [0.15, 0.2) is 53.5 Å². The van der Waals surface area contributed by atoms with Gasteiger partial charge in [0.15, 0.2) is 0 Å². The van der Waals surface area contributed by atoms with Crippen LogP contribution < -0.4 is 0 Å². The van der Waals surface area contributed by atoms with E-state index in [1.807, 2.05) is 18.3 Å². The lowest BCUT2D eigenvalue weighted by Crippen LogP contribution is -1.88. The van der Waals surface area contributed by atoms with Gasteiger partial charge in [0.05, 0.1) is 17.3 Å². The molecule has 0 aliphatic carbocycles. The summed E-state index contributed by atoms with van der Waals surface area (Å²) in [6, 6.07) is 18.1. The van der Waals surface area contributed by atoms with Crippen molar-refractivity contribution in [3.05, 3.63) is 65.2 Å². The van der Waals surface area contributed by atoms with E-state index in [-0.39, 0.29) is 0 Å². The second-order valence-electron chi connectivity index (χ2n) is 6.18. The molecule has 2 aromatic carbocycles. The fourth-order valence-corrected chi connectivity index (χ4v) is 2.65. The van der Waals surface area contributed by atoms with Crippen LogP contribution in [-0.2, 0) is 6.42 Å². The van der Waals surface area contributed by atoms with Crippen LogP contribution in [0, 0.1) is 11.3 Å². The second-order valence-corrected chi connectivity index (χ2v) is 6.18. The number of aliphatic imine (C=N–C) groups is 1. The van der Waals surface area contributed by atoms with Crippen molar-refractivity contribution in [2.75, 3.05) is 0 Å². The molecule has 0 bridgehead atoms. The van der Waals surface area contributed by atoms with Gasteiger partial charge in [-0.05, 0) is 48.2 Å². The molecule has 0 N–H and O–H groups in total. The van der Waals surface area contributed by atoms with Crippen LogP contribution in [0.5, 0.6) is 0 Å². The molecule has 0 aliphatic heterocycles. The van der Waals surface area contributed by atoms with E-state index in [0.717, 1.165) is 11.3 Å². The minimum atomic E-state index is 0.660. The molecule has 0 fully saturated rings. The minimum Gasteiger partial charge on any atom is -0.256 e. The summed E-state index contributed by atoms with van der Waals surface area (Å²) in [5.74, 6) is 0. The summed E-state index contributed by atoms with van der Waals surface area (Å²) in [5.41, 5.74) is 4.03. The molecule has 2 aromatic rings. The van der Waals surface area contributed by atoms with E-state index in [9.17, 15) is 0 Å². The van der Waals surface area contributed by atoms with Crippen molar-refractivity contribution in [3.63, 3.8) is 0 Å². The van der Waals surface area contributed by atoms with Crippen LogP contribution >= 0.6 is 0 Å². The number of aryl methyl sites for hydroxylation is 1. The van der Waals surface area contributed by atoms with Crippen molar-refractivity contribution >= 4 is 11.9 Å². The van der Waals surface area contributed by atoms with Gasteiger partial charge in [0.1, 0.15) is 0 Å². The molecule has 0 atom stereocenters. The van der Waals surface area contributed by atoms with Gasteiger partial charge in [-0.3, -0.25) is 4.99 Å². The van der Waals surface area contributed by atoms with Crippen molar-refractivity contribution < 1.29 is 0 Å². The van der Waals surface area contributed by atoms with Gasteiger partial charge >= 0.3 is 0 Å². The number of benzene rings is 2. The highest BCUT2D eigenvalue weighted by molar-refractivity contribution is 5.81. The average Bonchev–Trinajstić information content (AvgIpc) is 2.64. The van der Waals surface area contributed by atoms with Gasteiger partial charge in [-0.15, -0.1) is 0 Å². The standard InChI is InChI=1S/C22H26N2/c1-2-3-4-5-6-7-8-19-9-11-21(12-10-19)18-24-22-15-13-20(17-23)14-16-22/h9-16,18H,2-8H2,1H3/b24-18+. The number of hydrogen-bond donors (Lipinski definition) is 0. The van der Waals surface area contributed by atoms with E-state index in [2.05, 4.69) is 42.3 Å². The molecular formula is C22H26N2. The van der Waals surface area contributed by atoms with Crippen LogP contribution in [0.4, 0.5) is 5.69 Å². The summed E-state index contributed by atoms with van der Waals surface area (Å²) in [4.78, 5) is 4.45. The Bertz CT molecular complexity index is 661. The summed E-state index contributed by atoms with van der Waals surface area (Å²) in [6.45, 7) is 2.26. The first-order valence-corrected chi connectivity index (χ1v) is 8.95. The van der Waals surface area contributed by atoms with Crippen molar-refractivity contribution in [2.45, 2.75) is 51.9 Å². The highest BCUT2D eigenvalue weighted by Crippen LogP contribution is 2.14. The van der Waals surface area contributed by atoms with E-state index in [4.69, 9.17) is 5.26 Å².